The topological polar surface area (TPSA) is 83.6 Å². The van der Waals surface area contributed by atoms with Gasteiger partial charge in [0, 0.05) is 13.1 Å². The molecule has 1 aromatic heterocycles. The Bertz CT molecular complexity index is 744. The average Bonchev–Trinajstić information content (AvgIpc) is 2.56. The van der Waals surface area contributed by atoms with Crippen molar-refractivity contribution in [3.63, 3.8) is 0 Å². The molecule has 0 radical (unpaired) electrons. The Kier molecular flexibility index (Phi) is 5.99. The zero-order valence-electron chi connectivity index (χ0n) is 14.0. The first-order valence-corrected chi connectivity index (χ1v) is 8.90. The molecule has 2 N–H and O–H groups in total. The minimum atomic E-state index is -3.65. The van der Waals surface area contributed by atoms with E-state index in [1.807, 2.05) is 14.1 Å². The Morgan fingerprint density at radius 2 is 1.83 bits per heavy atom. The molecule has 0 aliphatic rings. The maximum Gasteiger partial charge on any atom is 0.261 e. The second kappa shape index (κ2) is 7.98. The molecule has 0 spiro atoms. The van der Waals surface area contributed by atoms with Gasteiger partial charge in [-0.15, -0.1) is 0 Å². The zero-order chi connectivity index (χ0) is 17.6. The Hall–Kier alpha value is -2.32. The number of likely N-dealkylation sites (N-methyl/N-ethyl adjacent to an activating group) is 1. The SMILES string of the molecule is COc1ccc(S(=O)(=O)Nc2ccc(NCCN(C)C)nc2)cc1. The number of ether oxygens (including phenoxy) is 1. The third-order valence-electron chi connectivity index (χ3n) is 3.25. The number of hydrogen-bond acceptors (Lipinski definition) is 6. The van der Waals surface area contributed by atoms with E-state index in [9.17, 15) is 8.42 Å². The van der Waals surface area contributed by atoms with Crippen molar-refractivity contribution in [2.45, 2.75) is 4.90 Å². The van der Waals surface area contributed by atoms with Crippen LogP contribution in [0.1, 0.15) is 0 Å². The molecule has 0 fully saturated rings. The van der Waals surface area contributed by atoms with Crippen molar-refractivity contribution in [3.05, 3.63) is 42.6 Å². The van der Waals surface area contributed by atoms with Crippen LogP contribution in [0.5, 0.6) is 5.75 Å². The van der Waals surface area contributed by atoms with Crippen molar-refractivity contribution < 1.29 is 13.2 Å². The molecule has 0 amide bonds. The number of hydrogen-bond donors (Lipinski definition) is 2. The van der Waals surface area contributed by atoms with Gasteiger partial charge < -0.3 is 15.0 Å². The Labute approximate surface area is 142 Å². The molecular weight excluding hydrogens is 328 g/mol. The number of rotatable bonds is 8. The van der Waals surface area contributed by atoms with Gasteiger partial charge in [0.25, 0.3) is 10.0 Å². The first kappa shape index (κ1) is 18.0. The number of anilines is 2. The van der Waals surface area contributed by atoms with Crippen LogP contribution in [0.4, 0.5) is 11.5 Å². The van der Waals surface area contributed by atoms with Crippen molar-refractivity contribution in [2.24, 2.45) is 0 Å². The summed E-state index contributed by atoms with van der Waals surface area (Å²) in [6.45, 7) is 1.64. The smallest absolute Gasteiger partial charge is 0.261 e. The number of methoxy groups -OCH3 is 1. The predicted molar refractivity (Wildman–Crippen MR) is 95.1 cm³/mol. The van der Waals surface area contributed by atoms with Gasteiger partial charge in [0.15, 0.2) is 0 Å². The monoisotopic (exact) mass is 350 g/mol. The molecule has 0 saturated heterocycles. The molecule has 0 atom stereocenters. The third-order valence-corrected chi connectivity index (χ3v) is 4.65. The highest BCUT2D eigenvalue weighted by Crippen LogP contribution is 2.19. The maximum atomic E-state index is 12.3. The van der Waals surface area contributed by atoms with Crippen molar-refractivity contribution in [1.29, 1.82) is 0 Å². The van der Waals surface area contributed by atoms with E-state index < -0.39 is 10.0 Å². The number of aromatic nitrogens is 1. The minimum Gasteiger partial charge on any atom is -0.497 e. The van der Waals surface area contributed by atoms with E-state index in [0.29, 0.717) is 17.3 Å². The summed E-state index contributed by atoms with van der Waals surface area (Å²) in [5.74, 6) is 1.30. The van der Waals surface area contributed by atoms with Crippen LogP contribution in [0.3, 0.4) is 0 Å². The highest BCUT2D eigenvalue weighted by molar-refractivity contribution is 7.92. The molecule has 7 nitrogen and oxygen atoms in total. The number of nitrogens with one attached hydrogen (secondary N) is 2. The summed E-state index contributed by atoms with van der Waals surface area (Å²) in [6, 6.07) is 9.60. The lowest BCUT2D eigenvalue weighted by atomic mass is 10.3. The quantitative estimate of drug-likeness (QED) is 0.756. The van der Waals surface area contributed by atoms with E-state index in [-0.39, 0.29) is 4.90 Å². The van der Waals surface area contributed by atoms with Crippen LogP contribution in [-0.2, 0) is 10.0 Å². The van der Waals surface area contributed by atoms with Crippen LogP contribution in [0, 0.1) is 0 Å². The van der Waals surface area contributed by atoms with Crippen molar-refractivity contribution >= 4 is 21.5 Å². The summed E-state index contributed by atoms with van der Waals surface area (Å²) in [5.41, 5.74) is 0.406. The van der Waals surface area contributed by atoms with Crippen LogP contribution in [0.25, 0.3) is 0 Å². The van der Waals surface area contributed by atoms with Gasteiger partial charge in [0.05, 0.1) is 23.9 Å². The third kappa shape index (κ3) is 5.10. The summed E-state index contributed by atoms with van der Waals surface area (Å²) in [7, 11) is 1.86. The molecular formula is C16H22N4O3S. The van der Waals surface area contributed by atoms with E-state index >= 15 is 0 Å². The van der Waals surface area contributed by atoms with Crippen LogP contribution in [0.15, 0.2) is 47.5 Å². The largest absolute Gasteiger partial charge is 0.497 e. The molecule has 130 valence electrons. The lowest BCUT2D eigenvalue weighted by Crippen LogP contribution is -2.21. The second-order valence-electron chi connectivity index (χ2n) is 5.44. The van der Waals surface area contributed by atoms with Gasteiger partial charge in [0.1, 0.15) is 11.6 Å². The first-order chi connectivity index (χ1) is 11.4. The molecule has 0 saturated carbocycles. The fourth-order valence-electron chi connectivity index (χ4n) is 1.94. The summed E-state index contributed by atoms with van der Waals surface area (Å²) >= 11 is 0. The maximum absolute atomic E-state index is 12.3. The van der Waals surface area contributed by atoms with E-state index in [2.05, 4.69) is 19.9 Å². The van der Waals surface area contributed by atoms with Gasteiger partial charge in [-0.25, -0.2) is 13.4 Å². The van der Waals surface area contributed by atoms with Crippen molar-refractivity contribution in [1.82, 2.24) is 9.88 Å². The fourth-order valence-corrected chi connectivity index (χ4v) is 2.98. The summed E-state index contributed by atoms with van der Waals surface area (Å²) < 4.78 is 32.2. The van der Waals surface area contributed by atoms with Gasteiger partial charge in [-0.3, -0.25) is 4.72 Å². The average molecular weight is 350 g/mol. The van der Waals surface area contributed by atoms with Crippen molar-refractivity contribution in [2.75, 3.05) is 44.3 Å². The Morgan fingerprint density at radius 3 is 2.38 bits per heavy atom. The van der Waals surface area contributed by atoms with E-state index in [0.717, 1.165) is 13.1 Å². The number of sulfonamides is 1. The molecule has 0 unspecified atom stereocenters. The van der Waals surface area contributed by atoms with E-state index in [1.165, 1.54) is 25.4 Å². The van der Waals surface area contributed by atoms with Gasteiger partial charge >= 0.3 is 0 Å². The summed E-state index contributed by atoms with van der Waals surface area (Å²) in [4.78, 5) is 6.43. The number of nitrogens with zero attached hydrogens (tertiary/aromatic N) is 2. The standard InChI is InChI=1S/C16H22N4O3S/c1-20(2)11-10-17-16-9-4-13(12-18-16)19-24(21,22)15-7-5-14(23-3)6-8-15/h4-9,12,19H,10-11H2,1-3H3,(H,17,18). The van der Waals surface area contributed by atoms with Crippen LogP contribution >= 0.6 is 0 Å². The molecule has 1 heterocycles. The van der Waals surface area contributed by atoms with Crippen LogP contribution in [-0.4, -0.2) is 52.6 Å². The van der Waals surface area contributed by atoms with Gasteiger partial charge in [0.2, 0.25) is 0 Å². The first-order valence-electron chi connectivity index (χ1n) is 7.42. The summed E-state index contributed by atoms with van der Waals surface area (Å²) in [5, 5.41) is 3.17. The van der Waals surface area contributed by atoms with Crippen LogP contribution < -0.4 is 14.8 Å². The summed E-state index contributed by atoms with van der Waals surface area (Å²) in [6.07, 6.45) is 1.49. The molecule has 2 aromatic rings. The zero-order valence-corrected chi connectivity index (χ0v) is 14.8. The molecule has 0 aliphatic heterocycles. The van der Waals surface area contributed by atoms with Gasteiger partial charge in [-0.1, -0.05) is 0 Å². The minimum absolute atomic E-state index is 0.163. The normalized spacial score (nSPS) is 11.3. The van der Waals surface area contributed by atoms with Crippen LogP contribution in [0.2, 0.25) is 0 Å². The number of benzene rings is 1. The van der Waals surface area contributed by atoms with E-state index in [4.69, 9.17) is 4.74 Å². The fraction of sp³-hybridized carbons (Fsp3) is 0.312. The number of pyridine rings is 1. The van der Waals surface area contributed by atoms with Gasteiger partial charge in [-0.05, 0) is 50.5 Å². The lowest BCUT2D eigenvalue weighted by Gasteiger charge is -2.12. The predicted octanol–water partition coefficient (Wildman–Crippen LogP) is 1.86. The highest BCUT2D eigenvalue weighted by atomic mass is 32.2. The molecule has 1 aromatic carbocycles. The Morgan fingerprint density at radius 1 is 1.12 bits per heavy atom. The van der Waals surface area contributed by atoms with E-state index in [1.54, 1.807) is 24.3 Å². The Balaban J connectivity index is 2.01. The molecule has 0 aliphatic carbocycles. The molecule has 24 heavy (non-hydrogen) atoms. The van der Waals surface area contributed by atoms with Gasteiger partial charge in [-0.2, -0.15) is 0 Å². The highest BCUT2D eigenvalue weighted by Gasteiger charge is 2.14. The second-order valence-corrected chi connectivity index (χ2v) is 7.13. The molecule has 0 bridgehead atoms. The lowest BCUT2D eigenvalue weighted by molar-refractivity contribution is 0.414. The van der Waals surface area contributed by atoms with Crippen molar-refractivity contribution in [3.8, 4) is 5.75 Å². The molecule has 8 heteroatoms. The molecule has 2 rings (SSSR count).